The normalized spacial score (nSPS) is 11.7. The molecule has 0 bridgehead atoms. The maximum Gasteiger partial charge on any atom is 0.323 e. The molecule has 0 aliphatic carbocycles. The van der Waals surface area contributed by atoms with Gasteiger partial charge in [-0.1, -0.05) is 30.3 Å². The van der Waals surface area contributed by atoms with Crippen LogP contribution in [0.4, 0.5) is 8.78 Å². The highest BCUT2D eigenvalue weighted by Gasteiger charge is 2.33. The summed E-state index contributed by atoms with van der Waals surface area (Å²) in [6.45, 7) is 0.415. The molecule has 0 spiro atoms. The number of hydrogen-bond acceptors (Lipinski definition) is 5. The number of carbonyl (C=O) groups is 2. The molecule has 0 aromatic heterocycles. The summed E-state index contributed by atoms with van der Waals surface area (Å²) in [6.07, 6.45) is -1.69. The summed E-state index contributed by atoms with van der Waals surface area (Å²) in [4.78, 5) is 25.5. The van der Waals surface area contributed by atoms with Gasteiger partial charge in [-0.05, 0) is 18.6 Å². The number of hydrogen-bond donors (Lipinski definition) is 4. The van der Waals surface area contributed by atoms with E-state index in [1.165, 1.54) is 6.07 Å². The van der Waals surface area contributed by atoms with Gasteiger partial charge in [0.1, 0.15) is 24.0 Å². The number of benzene rings is 2. The van der Waals surface area contributed by atoms with Gasteiger partial charge in [-0.2, -0.15) is 0 Å². The van der Waals surface area contributed by atoms with E-state index in [1.807, 2.05) is 0 Å². The van der Waals surface area contributed by atoms with Gasteiger partial charge >= 0.3 is 5.97 Å². The van der Waals surface area contributed by atoms with Crippen LogP contribution in [0.2, 0.25) is 0 Å². The number of carboxylic acids is 1. The van der Waals surface area contributed by atoms with Gasteiger partial charge in [0.2, 0.25) is 0 Å². The quantitative estimate of drug-likeness (QED) is 0.332. The molecule has 0 radical (unpaired) electrons. The number of rotatable bonds is 10. The maximum absolute atomic E-state index is 14.8. The smallest absolute Gasteiger partial charge is 0.323 e. The molecule has 0 saturated heterocycles. The number of carbonyl (C=O) groups excluding carboxylic acids is 1. The second kappa shape index (κ2) is 10.6. The van der Waals surface area contributed by atoms with Crippen molar-refractivity contribution in [3.8, 4) is 0 Å². The van der Waals surface area contributed by atoms with Crippen LogP contribution in [0.15, 0.2) is 36.4 Å². The van der Waals surface area contributed by atoms with E-state index >= 15 is 0 Å². The minimum absolute atomic E-state index is 0.00138. The van der Waals surface area contributed by atoms with Gasteiger partial charge in [-0.3, -0.25) is 15.0 Å². The van der Waals surface area contributed by atoms with Crippen LogP contribution in [0.5, 0.6) is 0 Å². The van der Waals surface area contributed by atoms with Crippen molar-refractivity contribution in [1.29, 1.82) is 5.41 Å². The number of carboxylic acid groups (broad SMARTS) is 1. The van der Waals surface area contributed by atoms with Crippen molar-refractivity contribution >= 4 is 17.7 Å². The SMILES string of the molecule is CCOC(C(=O)N(CC(=O)O)Cc1ccc(C(=N)N)cc1)c1c(F)ccc(CN)c1F. The Kier molecular flexibility index (Phi) is 8.17. The number of halogens is 2. The Bertz CT molecular complexity index is 967. The largest absolute Gasteiger partial charge is 0.480 e. The Morgan fingerprint density at radius 2 is 1.84 bits per heavy atom. The molecule has 0 fully saturated rings. The van der Waals surface area contributed by atoms with Crippen LogP contribution in [0.3, 0.4) is 0 Å². The number of amides is 1. The van der Waals surface area contributed by atoms with Crippen LogP contribution in [-0.4, -0.2) is 40.9 Å². The van der Waals surface area contributed by atoms with Crippen LogP contribution in [0.1, 0.15) is 35.3 Å². The molecule has 10 heteroatoms. The summed E-state index contributed by atoms with van der Waals surface area (Å²) in [7, 11) is 0. The Balaban J connectivity index is 2.43. The highest BCUT2D eigenvalue weighted by atomic mass is 19.1. The van der Waals surface area contributed by atoms with Crippen LogP contribution >= 0.6 is 0 Å². The average Bonchev–Trinajstić information content (AvgIpc) is 2.72. The fourth-order valence-corrected chi connectivity index (χ4v) is 3.01. The van der Waals surface area contributed by atoms with Crippen molar-refractivity contribution in [3.63, 3.8) is 0 Å². The first-order valence-corrected chi connectivity index (χ1v) is 9.41. The lowest BCUT2D eigenvalue weighted by Crippen LogP contribution is -2.40. The van der Waals surface area contributed by atoms with E-state index in [2.05, 4.69) is 0 Å². The highest BCUT2D eigenvalue weighted by Crippen LogP contribution is 2.28. The van der Waals surface area contributed by atoms with E-state index in [-0.39, 0.29) is 31.1 Å². The summed E-state index contributed by atoms with van der Waals surface area (Å²) in [6, 6.07) is 8.40. The third-order valence-electron chi connectivity index (χ3n) is 4.52. The Hall–Kier alpha value is -3.37. The number of nitrogens with one attached hydrogen (secondary N) is 1. The zero-order valence-corrected chi connectivity index (χ0v) is 16.9. The molecule has 0 aliphatic heterocycles. The van der Waals surface area contributed by atoms with Gasteiger partial charge in [0.15, 0.2) is 6.10 Å². The van der Waals surface area contributed by atoms with Gasteiger partial charge in [0.25, 0.3) is 5.91 Å². The number of nitrogen functional groups attached to an aromatic ring is 1. The summed E-state index contributed by atoms with van der Waals surface area (Å²) in [5.41, 5.74) is 11.3. The first-order chi connectivity index (χ1) is 14.7. The summed E-state index contributed by atoms with van der Waals surface area (Å²) < 4.78 is 34.7. The van der Waals surface area contributed by atoms with Crippen LogP contribution < -0.4 is 11.5 Å². The van der Waals surface area contributed by atoms with Crippen molar-refractivity contribution in [1.82, 2.24) is 4.90 Å². The number of ether oxygens (including phenoxy) is 1. The first-order valence-electron chi connectivity index (χ1n) is 9.41. The fourth-order valence-electron chi connectivity index (χ4n) is 3.01. The first kappa shape index (κ1) is 23.9. The Labute approximate surface area is 177 Å². The van der Waals surface area contributed by atoms with Gasteiger partial charge < -0.3 is 26.2 Å². The summed E-state index contributed by atoms with van der Waals surface area (Å²) in [5.74, 6) is -4.36. The van der Waals surface area contributed by atoms with Crippen LogP contribution in [0, 0.1) is 17.0 Å². The highest BCUT2D eigenvalue weighted by molar-refractivity contribution is 5.94. The van der Waals surface area contributed by atoms with E-state index in [4.69, 9.17) is 21.6 Å². The minimum Gasteiger partial charge on any atom is -0.480 e. The second-order valence-corrected chi connectivity index (χ2v) is 6.67. The standard InChI is InChI=1S/C21H24F2N4O4/c1-2-31-19(17-15(22)8-7-14(9-24)18(17)23)21(30)27(11-16(28)29)10-12-3-5-13(6-4-12)20(25)26/h3-8,19H,2,9-11,24H2,1H3,(H3,25,26)(H,28,29). The predicted molar refractivity (Wildman–Crippen MR) is 109 cm³/mol. The average molecular weight is 434 g/mol. The molecule has 8 nitrogen and oxygen atoms in total. The van der Waals surface area contributed by atoms with Gasteiger partial charge in [-0.15, -0.1) is 0 Å². The zero-order valence-electron chi connectivity index (χ0n) is 16.9. The van der Waals surface area contributed by atoms with E-state index in [9.17, 15) is 23.5 Å². The zero-order chi connectivity index (χ0) is 23.1. The van der Waals surface area contributed by atoms with E-state index in [1.54, 1.807) is 31.2 Å². The topological polar surface area (TPSA) is 143 Å². The lowest BCUT2D eigenvalue weighted by molar-refractivity contribution is -0.151. The molecule has 2 rings (SSSR count). The van der Waals surface area contributed by atoms with Crippen LogP contribution in [0.25, 0.3) is 0 Å². The fraction of sp³-hybridized carbons (Fsp3) is 0.286. The number of aliphatic carboxylic acids is 1. The lowest BCUT2D eigenvalue weighted by Gasteiger charge is -2.27. The van der Waals surface area contributed by atoms with Gasteiger partial charge in [0.05, 0.1) is 5.56 Å². The van der Waals surface area contributed by atoms with E-state index in [0.717, 1.165) is 11.0 Å². The van der Waals surface area contributed by atoms with Crippen molar-refractivity contribution in [3.05, 3.63) is 70.3 Å². The Morgan fingerprint density at radius 3 is 2.35 bits per heavy atom. The predicted octanol–water partition coefficient (Wildman–Crippen LogP) is 1.90. The summed E-state index contributed by atoms with van der Waals surface area (Å²) in [5, 5.41) is 16.7. The van der Waals surface area contributed by atoms with Crippen molar-refractivity contribution in [2.24, 2.45) is 11.5 Å². The third-order valence-corrected chi connectivity index (χ3v) is 4.52. The van der Waals surface area contributed by atoms with E-state index < -0.39 is 41.7 Å². The number of nitrogens with two attached hydrogens (primary N) is 2. The van der Waals surface area contributed by atoms with Crippen molar-refractivity contribution in [2.75, 3.05) is 13.2 Å². The molecule has 0 heterocycles. The van der Waals surface area contributed by atoms with E-state index in [0.29, 0.717) is 11.1 Å². The molecular formula is C21H24F2N4O4. The molecule has 1 amide bonds. The third kappa shape index (κ3) is 5.83. The monoisotopic (exact) mass is 434 g/mol. The maximum atomic E-state index is 14.8. The Morgan fingerprint density at radius 1 is 1.19 bits per heavy atom. The van der Waals surface area contributed by atoms with Crippen molar-refractivity contribution < 1.29 is 28.2 Å². The van der Waals surface area contributed by atoms with Crippen molar-refractivity contribution in [2.45, 2.75) is 26.1 Å². The van der Waals surface area contributed by atoms with Gasteiger partial charge in [0, 0.05) is 30.8 Å². The minimum atomic E-state index is -1.69. The summed E-state index contributed by atoms with van der Waals surface area (Å²) >= 11 is 0. The number of amidine groups is 1. The van der Waals surface area contributed by atoms with Crippen LogP contribution in [-0.2, 0) is 27.4 Å². The molecule has 1 unspecified atom stereocenters. The molecule has 2 aromatic carbocycles. The molecule has 166 valence electrons. The lowest BCUT2D eigenvalue weighted by atomic mass is 10.0. The molecule has 0 aliphatic rings. The molecule has 2 aromatic rings. The molecule has 1 atom stereocenters. The number of nitrogens with zero attached hydrogens (tertiary/aromatic N) is 1. The van der Waals surface area contributed by atoms with Gasteiger partial charge in [-0.25, -0.2) is 8.78 Å². The molecular weight excluding hydrogens is 410 g/mol. The molecule has 31 heavy (non-hydrogen) atoms. The second-order valence-electron chi connectivity index (χ2n) is 6.67. The molecule has 0 saturated carbocycles. The molecule has 6 N–H and O–H groups in total.